The zero-order valence-corrected chi connectivity index (χ0v) is 14.5. The number of rotatable bonds is 3. The van der Waals surface area contributed by atoms with Gasteiger partial charge in [-0.1, -0.05) is 0 Å². The molecule has 0 spiro atoms. The number of fused-ring (bicyclic) bond motifs is 2. The van der Waals surface area contributed by atoms with E-state index >= 15 is 0 Å². The highest BCUT2D eigenvalue weighted by Gasteiger charge is 2.26. The maximum absolute atomic E-state index is 12.4. The number of nitrogens with one attached hydrogen (secondary N) is 2. The molecule has 134 valence electrons. The zero-order chi connectivity index (χ0) is 17.5. The predicted octanol–water partition coefficient (Wildman–Crippen LogP) is 1.99. The minimum atomic E-state index is 0.0528. The summed E-state index contributed by atoms with van der Waals surface area (Å²) in [6.07, 6.45) is 10.1. The van der Waals surface area contributed by atoms with Crippen LogP contribution in [0.2, 0.25) is 0 Å². The molecule has 0 atom stereocenters. The van der Waals surface area contributed by atoms with Crippen LogP contribution in [0.1, 0.15) is 49.4 Å². The Hall–Kier alpha value is -2.77. The number of hydrogen-bond acceptors (Lipinski definition) is 6. The van der Waals surface area contributed by atoms with Gasteiger partial charge in [-0.15, -0.1) is 0 Å². The molecular formula is C18H21N7O. The lowest BCUT2D eigenvalue weighted by Crippen LogP contribution is -2.34. The Kier molecular flexibility index (Phi) is 3.69. The number of hydrogen-bond donors (Lipinski definition) is 2. The summed E-state index contributed by atoms with van der Waals surface area (Å²) in [5.41, 5.74) is 3.83. The molecule has 0 aliphatic heterocycles. The maximum atomic E-state index is 12.4. The van der Waals surface area contributed by atoms with Crippen LogP contribution in [0, 0.1) is 0 Å². The van der Waals surface area contributed by atoms with Gasteiger partial charge in [0.25, 0.3) is 5.56 Å². The second kappa shape index (κ2) is 6.19. The van der Waals surface area contributed by atoms with Crippen molar-refractivity contribution in [2.24, 2.45) is 0 Å². The van der Waals surface area contributed by atoms with Crippen LogP contribution in [0.25, 0.3) is 11.2 Å². The van der Waals surface area contributed by atoms with E-state index in [0.29, 0.717) is 11.7 Å². The Balaban J connectivity index is 1.29. The van der Waals surface area contributed by atoms with E-state index in [0.717, 1.165) is 67.5 Å². The summed E-state index contributed by atoms with van der Waals surface area (Å²) in [7, 11) is 0. The van der Waals surface area contributed by atoms with Crippen LogP contribution in [0.3, 0.4) is 0 Å². The fourth-order valence-electron chi connectivity index (χ4n) is 4.21. The van der Waals surface area contributed by atoms with Crippen molar-refractivity contribution in [3.8, 4) is 0 Å². The summed E-state index contributed by atoms with van der Waals surface area (Å²) in [6.45, 7) is 0. The molecule has 2 N–H and O–H groups in total. The number of aromatic nitrogens is 6. The van der Waals surface area contributed by atoms with Crippen molar-refractivity contribution in [3.63, 3.8) is 0 Å². The van der Waals surface area contributed by atoms with Gasteiger partial charge >= 0.3 is 0 Å². The van der Waals surface area contributed by atoms with Crippen molar-refractivity contribution in [3.05, 3.63) is 40.3 Å². The smallest absolute Gasteiger partial charge is 0.267 e. The third-order valence-corrected chi connectivity index (χ3v) is 5.59. The molecule has 5 rings (SSSR count). The van der Waals surface area contributed by atoms with Crippen molar-refractivity contribution < 1.29 is 0 Å². The van der Waals surface area contributed by atoms with Crippen LogP contribution >= 0.6 is 0 Å². The van der Waals surface area contributed by atoms with Gasteiger partial charge in [-0.2, -0.15) is 5.10 Å². The fraction of sp³-hybridized carbons (Fsp3) is 0.500. The number of H-pyrrole nitrogens is 1. The normalized spacial score (nSPS) is 22.5. The quantitative estimate of drug-likeness (QED) is 0.748. The van der Waals surface area contributed by atoms with E-state index in [-0.39, 0.29) is 11.6 Å². The van der Waals surface area contributed by atoms with Gasteiger partial charge in [-0.3, -0.25) is 4.79 Å². The Morgan fingerprint density at radius 1 is 1.12 bits per heavy atom. The number of nitrogens with zero attached hydrogens (tertiary/aromatic N) is 5. The van der Waals surface area contributed by atoms with Gasteiger partial charge in [0.2, 0.25) is 0 Å². The molecule has 0 radical (unpaired) electrons. The van der Waals surface area contributed by atoms with E-state index in [1.165, 1.54) is 6.33 Å². The van der Waals surface area contributed by atoms with Crippen LogP contribution in [-0.4, -0.2) is 35.8 Å². The molecule has 2 aliphatic rings. The lowest BCUT2D eigenvalue weighted by molar-refractivity contribution is 0.302. The van der Waals surface area contributed by atoms with Crippen LogP contribution < -0.4 is 10.9 Å². The van der Waals surface area contributed by atoms with E-state index < -0.39 is 0 Å². The molecule has 3 aromatic heterocycles. The molecule has 3 heterocycles. The Morgan fingerprint density at radius 2 is 2.00 bits per heavy atom. The molecule has 1 fully saturated rings. The monoisotopic (exact) mass is 351 g/mol. The highest BCUT2D eigenvalue weighted by atomic mass is 16.1. The largest absolute Gasteiger partial charge is 0.365 e. The molecule has 0 saturated heterocycles. The molecule has 1 saturated carbocycles. The third-order valence-electron chi connectivity index (χ3n) is 5.59. The van der Waals surface area contributed by atoms with Gasteiger partial charge in [-0.25, -0.2) is 19.6 Å². The van der Waals surface area contributed by atoms with Crippen molar-refractivity contribution in [1.82, 2.24) is 29.7 Å². The third kappa shape index (κ3) is 2.65. The molecule has 2 aliphatic carbocycles. The van der Waals surface area contributed by atoms with Crippen molar-refractivity contribution >= 4 is 17.0 Å². The van der Waals surface area contributed by atoms with Gasteiger partial charge in [0.05, 0.1) is 18.1 Å². The summed E-state index contributed by atoms with van der Waals surface area (Å²) < 4.78 is 1.73. The molecule has 0 aromatic carbocycles. The highest BCUT2D eigenvalue weighted by molar-refractivity contribution is 5.82. The Bertz CT molecular complexity index is 1000. The first kappa shape index (κ1) is 15.5. The van der Waals surface area contributed by atoms with Crippen LogP contribution in [-0.2, 0) is 12.8 Å². The lowest BCUT2D eigenvalue weighted by Gasteiger charge is -2.30. The molecular weight excluding hydrogens is 330 g/mol. The summed E-state index contributed by atoms with van der Waals surface area (Å²) in [4.78, 5) is 28.2. The van der Waals surface area contributed by atoms with Crippen LogP contribution in [0.15, 0.2) is 23.5 Å². The average Bonchev–Trinajstić information content (AvgIpc) is 3.31. The summed E-state index contributed by atoms with van der Waals surface area (Å²) in [5.74, 6) is 0.795. The Labute approximate surface area is 150 Å². The first-order valence-electron chi connectivity index (χ1n) is 9.30. The van der Waals surface area contributed by atoms with Gasteiger partial charge in [0.15, 0.2) is 11.5 Å². The predicted molar refractivity (Wildman–Crippen MR) is 97.1 cm³/mol. The van der Waals surface area contributed by atoms with Crippen molar-refractivity contribution in [2.45, 2.75) is 57.0 Å². The highest BCUT2D eigenvalue weighted by Crippen LogP contribution is 2.30. The lowest BCUT2D eigenvalue weighted by atomic mass is 9.91. The van der Waals surface area contributed by atoms with Gasteiger partial charge in [0.1, 0.15) is 11.8 Å². The fourth-order valence-corrected chi connectivity index (χ4v) is 4.21. The van der Waals surface area contributed by atoms with E-state index in [9.17, 15) is 4.79 Å². The van der Waals surface area contributed by atoms with Gasteiger partial charge in [-0.05, 0) is 50.5 Å². The van der Waals surface area contributed by atoms with E-state index in [1.54, 1.807) is 17.1 Å². The van der Waals surface area contributed by atoms with Crippen LogP contribution in [0.4, 0.5) is 5.82 Å². The second-order valence-corrected chi connectivity index (χ2v) is 7.23. The summed E-state index contributed by atoms with van der Waals surface area (Å²) in [5, 5.41) is 8.18. The van der Waals surface area contributed by atoms with Crippen LogP contribution in [0.5, 0.6) is 0 Å². The minimum Gasteiger partial charge on any atom is -0.365 e. The number of anilines is 1. The molecule has 26 heavy (non-hydrogen) atoms. The van der Waals surface area contributed by atoms with E-state index in [2.05, 4.69) is 30.4 Å². The second-order valence-electron chi connectivity index (χ2n) is 7.23. The Morgan fingerprint density at radius 3 is 2.88 bits per heavy atom. The number of aromatic amines is 1. The number of imidazole rings is 1. The molecule has 3 aromatic rings. The van der Waals surface area contributed by atoms with Crippen molar-refractivity contribution in [2.75, 3.05) is 5.32 Å². The van der Waals surface area contributed by atoms with E-state index in [4.69, 9.17) is 0 Å². The standard InChI is InChI=1S/C18H21N7O/c26-15-8-11-2-1-3-14(11)24-25(15)13-6-4-12(5-7-13)23-18-16-17(20-9-19-16)21-10-22-18/h8-10,12-13H,1-7H2,(H2,19,20,21,22,23). The van der Waals surface area contributed by atoms with Crippen molar-refractivity contribution in [1.29, 1.82) is 0 Å². The van der Waals surface area contributed by atoms with E-state index in [1.807, 2.05) is 0 Å². The average molecular weight is 351 g/mol. The van der Waals surface area contributed by atoms with Gasteiger partial charge < -0.3 is 10.3 Å². The molecule has 0 bridgehead atoms. The minimum absolute atomic E-state index is 0.0528. The molecule has 0 amide bonds. The number of aryl methyl sites for hydroxylation is 2. The zero-order valence-electron chi connectivity index (χ0n) is 14.5. The summed E-state index contributed by atoms with van der Waals surface area (Å²) >= 11 is 0. The summed E-state index contributed by atoms with van der Waals surface area (Å²) in [6, 6.07) is 2.33. The molecule has 8 heteroatoms. The molecule has 8 nitrogen and oxygen atoms in total. The molecule has 0 unspecified atom stereocenters. The maximum Gasteiger partial charge on any atom is 0.267 e. The topological polar surface area (TPSA) is 101 Å². The van der Waals surface area contributed by atoms with Gasteiger partial charge in [0, 0.05) is 12.1 Å². The first-order valence-corrected chi connectivity index (χ1v) is 9.30. The SMILES string of the molecule is O=c1cc2c(nn1C1CCC(Nc3ncnc4nc[nH]c34)CC1)CCC2. The first-order chi connectivity index (χ1) is 12.8.